The lowest BCUT2D eigenvalue weighted by Crippen LogP contribution is -2.55. The third-order valence-corrected chi connectivity index (χ3v) is 3.87. The zero-order valence-electron chi connectivity index (χ0n) is 10.2. The molecule has 16 heavy (non-hydrogen) atoms. The van der Waals surface area contributed by atoms with Crippen molar-refractivity contribution in [3.8, 4) is 0 Å². The Morgan fingerprint density at radius 1 is 1.25 bits per heavy atom. The van der Waals surface area contributed by atoms with Crippen LogP contribution in [0.5, 0.6) is 0 Å². The molecule has 2 fully saturated rings. The van der Waals surface area contributed by atoms with Crippen LogP contribution < -0.4 is 10.6 Å². The Bertz CT molecular complexity index is 238. The number of amides is 1. The Labute approximate surface area is 97.8 Å². The summed E-state index contributed by atoms with van der Waals surface area (Å²) >= 11 is 0. The van der Waals surface area contributed by atoms with Crippen molar-refractivity contribution in [3.63, 3.8) is 0 Å². The maximum Gasteiger partial charge on any atom is 0.237 e. The number of nitrogens with zero attached hydrogens (tertiary/aromatic N) is 1. The quantitative estimate of drug-likeness (QED) is 0.712. The van der Waals surface area contributed by atoms with E-state index in [4.69, 9.17) is 0 Å². The second-order valence-corrected chi connectivity index (χ2v) is 4.84. The van der Waals surface area contributed by atoms with Crippen LogP contribution in [0.1, 0.15) is 32.1 Å². The van der Waals surface area contributed by atoms with Gasteiger partial charge in [-0.15, -0.1) is 0 Å². The SMILES string of the molecule is CNC(=O)[C@H]1CCCCN1C1CCNCC1. The number of carbonyl (C=O) groups is 1. The largest absolute Gasteiger partial charge is 0.358 e. The first kappa shape index (κ1) is 11.9. The van der Waals surface area contributed by atoms with Crippen molar-refractivity contribution in [2.24, 2.45) is 0 Å². The Kier molecular flexibility index (Phi) is 4.18. The van der Waals surface area contributed by atoms with Crippen LogP contribution in [0, 0.1) is 0 Å². The van der Waals surface area contributed by atoms with Crippen molar-refractivity contribution in [3.05, 3.63) is 0 Å². The molecule has 1 atom stereocenters. The summed E-state index contributed by atoms with van der Waals surface area (Å²) in [5.74, 6) is 0.207. The minimum Gasteiger partial charge on any atom is -0.358 e. The van der Waals surface area contributed by atoms with Crippen LogP contribution >= 0.6 is 0 Å². The first-order valence-electron chi connectivity index (χ1n) is 6.51. The van der Waals surface area contributed by atoms with Gasteiger partial charge in [-0.1, -0.05) is 6.42 Å². The summed E-state index contributed by atoms with van der Waals surface area (Å²) in [5, 5.41) is 6.19. The van der Waals surface area contributed by atoms with E-state index in [-0.39, 0.29) is 11.9 Å². The van der Waals surface area contributed by atoms with Crippen LogP contribution in [0.4, 0.5) is 0 Å². The van der Waals surface area contributed by atoms with Crippen LogP contribution in [-0.4, -0.2) is 49.6 Å². The van der Waals surface area contributed by atoms with Gasteiger partial charge in [0.2, 0.25) is 5.91 Å². The summed E-state index contributed by atoms with van der Waals surface area (Å²) < 4.78 is 0. The second-order valence-electron chi connectivity index (χ2n) is 4.84. The fourth-order valence-electron chi connectivity index (χ4n) is 2.98. The summed E-state index contributed by atoms with van der Waals surface area (Å²) in [6, 6.07) is 0.741. The van der Waals surface area contributed by atoms with Crippen molar-refractivity contribution in [2.45, 2.75) is 44.2 Å². The Hall–Kier alpha value is -0.610. The highest BCUT2D eigenvalue weighted by Gasteiger charge is 2.33. The van der Waals surface area contributed by atoms with Gasteiger partial charge in [0, 0.05) is 13.1 Å². The summed E-state index contributed by atoms with van der Waals surface area (Å²) in [4.78, 5) is 14.3. The molecule has 1 amide bonds. The van der Waals surface area contributed by atoms with Gasteiger partial charge >= 0.3 is 0 Å². The minimum atomic E-state index is 0.127. The molecular weight excluding hydrogens is 202 g/mol. The second kappa shape index (κ2) is 5.64. The molecule has 0 aliphatic carbocycles. The number of hydrogen-bond donors (Lipinski definition) is 2. The highest BCUT2D eigenvalue weighted by atomic mass is 16.2. The van der Waals surface area contributed by atoms with Gasteiger partial charge in [0.25, 0.3) is 0 Å². The summed E-state index contributed by atoms with van der Waals surface area (Å²) in [6.07, 6.45) is 5.85. The van der Waals surface area contributed by atoms with Crippen molar-refractivity contribution in [1.29, 1.82) is 0 Å². The normalized spacial score (nSPS) is 28.9. The summed E-state index contributed by atoms with van der Waals surface area (Å²) in [7, 11) is 1.75. The number of hydrogen-bond acceptors (Lipinski definition) is 3. The molecule has 92 valence electrons. The molecule has 2 heterocycles. The molecule has 0 aromatic carbocycles. The van der Waals surface area contributed by atoms with Gasteiger partial charge < -0.3 is 10.6 Å². The standard InChI is InChI=1S/C12H23N3O/c1-13-12(16)11-4-2-3-9-15(11)10-5-7-14-8-6-10/h10-11,14H,2-9H2,1H3,(H,13,16)/t11-/m1/s1. The van der Waals surface area contributed by atoms with Crippen LogP contribution in [0.15, 0.2) is 0 Å². The van der Waals surface area contributed by atoms with Crippen molar-refractivity contribution >= 4 is 5.91 Å². The first-order chi connectivity index (χ1) is 7.83. The molecule has 0 aromatic heterocycles. The maximum absolute atomic E-state index is 11.9. The van der Waals surface area contributed by atoms with Crippen LogP contribution in [0.25, 0.3) is 0 Å². The van der Waals surface area contributed by atoms with E-state index in [1.165, 1.54) is 25.7 Å². The van der Waals surface area contributed by atoms with Gasteiger partial charge in [-0.3, -0.25) is 9.69 Å². The van der Waals surface area contributed by atoms with E-state index in [0.29, 0.717) is 6.04 Å². The number of likely N-dealkylation sites (tertiary alicyclic amines) is 1. The lowest BCUT2D eigenvalue weighted by Gasteiger charge is -2.41. The number of rotatable bonds is 2. The number of nitrogens with one attached hydrogen (secondary N) is 2. The topological polar surface area (TPSA) is 44.4 Å². The Balaban J connectivity index is 2.00. The molecule has 2 saturated heterocycles. The molecule has 0 spiro atoms. The molecule has 0 aromatic rings. The van der Waals surface area contributed by atoms with E-state index >= 15 is 0 Å². The Morgan fingerprint density at radius 2 is 2.00 bits per heavy atom. The van der Waals surface area contributed by atoms with Crippen LogP contribution in [0.3, 0.4) is 0 Å². The Morgan fingerprint density at radius 3 is 2.69 bits per heavy atom. The molecule has 4 heteroatoms. The lowest BCUT2D eigenvalue weighted by molar-refractivity contribution is -0.128. The predicted octanol–water partition coefficient (Wildman–Crippen LogP) is 0.339. The zero-order chi connectivity index (χ0) is 11.4. The number of likely N-dealkylation sites (N-methyl/N-ethyl adjacent to an activating group) is 1. The number of carbonyl (C=O) groups excluding carboxylic acids is 1. The lowest BCUT2D eigenvalue weighted by atomic mass is 9.95. The molecule has 0 radical (unpaired) electrons. The molecule has 2 aliphatic heterocycles. The third-order valence-electron chi connectivity index (χ3n) is 3.87. The van der Waals surface area contributed by atoms with E-state index in [9.17, 15) is 4.79 Å². The summed E-state index contributed by atoms with van der Waals surface area (Å²) in [6.45, 7) is 3.30. The van der Waals surface area contributed by atoms with Gasteiger partial charge in [-0.25, -0.2) is 0 Å². The minimum absolute atomic E-state index is 0.127. The monoisotopic (exact) mass is 225 g/mol. The van der Waals surface area contributed by atoms with E-state index in [1.807, 2.05) is 0 Å². The molecular formula is C12H23N3O. The highest BCUT2D eigenvalue weighted by molar-refractivity contribution is 5.81. The zero-order valence-corrected chi connectivity index (χ0v) is 10.2. The van der Waals surface area contributed by atoms with Crippen molar-refractivity contribution in [2.75, 3.05) is 26.7 Å². The van der Waals surface area contributed by atoms with Crippen LogP contribution in [0.2, 0.25) is 0 Å². The molecule has 2 aliphatic rings. The van der Waals surface area contributed by atoms with E-state index in [2.05, 4.69) is 15.5 Å². The van der Waals surface area contributed by atoms with Crippen LogP contribution in [-0.2, 0) is 4.79 Å². The fraction of sp³-hybridized carbons (Fsp3) is 0.917. The molecule has 0 bridgehead atoms. The van der Waals surface area contributed by atoms with Gasteiger partial charge in [-0.05, 0) is 45.3 Å². The van der Waals surface area contributed by atoms with E-state index in [1.54, 1.807) is 7.05 Å². The highest BCUT2D eigenvalue weighted by Crippen LogP contribution is 2.23. The smallest absolute Gasteiger partial charge is 0.237 e. The van der Waals surface area contributed by atoms with Gasteiger partial charge in [0.15, 0.2) is 0 Å². The average Bonchev–Trinajstić information content (AvgIpc) is 2.39. The van der Waals surface area contributed by atoms with E-state index in [0.717, 1.165) is 26.1 Å². The van der Waals surface area contributed by atoms with Gasteiger partial charge in [-0.2, -0.15) is 0 Å². The van der Waals surface area contributed by atoms with Gasteiger partial charge in [0.05, 0.1) is 6.04 Å². The predicted molar refractivity (Wildman–Crippen MR) is 64.3 cm³/mol. The van der Waals surface area contributed by atoms with Crippen molar-refractivity contribution in [1.82, 2.24) is 15.5 Å². The molecule has 2 N–H and O–H groups in total. The first-order valence-corrected chi connectivity index (χ1v) is 6.51. The fourth-order valence-corrected chi connectivity index (χ4v) is 2.98. The van der Waals surface area contributed by atoms with Crippen molar-refractivity contribution < 1.29 is 4.79 Å². The van der Waals surface area contributed by atoms with E-state index < -0.39 is 0 Å². The number of piperidine rings is 2. The molecule has 0 saturated carbocycles. The maximum atomic E-state index is 11.9. The third kappa shape index (κ3) is 2.55. The molecule has 4 nitrogen and oxygen atoms in total. The molecule has 2 rings (SSSR count). The molecule has 0 unspecified atom stereocenters. The average molecular weight is 225 g/mol. The van der Waals surface area contributed by atoms with Gasteiger partial charge in [0.1, 0.15) is 0 Å². The summed E-state index contributed by atoms with van der Waals surface area (Å²) in [5.41, 5.74) is 0.